The van der Waals surface area contributed by atoms with E-state index < -0.39 is 0 Å². The van der Waals surface area contributed by atoms with Gasteiger partial charge >= 0.3 is 0 Å². The second-order valence-corrected chi connectivity index (χ2v) is 3.84. The summed E-state index contributed by atoms with van der Waals surface area (Å²) in [5, 5.41) is 0.111. The minimum Gasteiger partial charge on any atom is -0.323 e. The van der Waals surface area contributed by atoms with Crippen LogP contribution in [0.5, 0.6) is 0 Å². The lowest BCUT2D eigenvalue weighted by atomic mass is 9.88. The molecule has 0 aromatic heterocycles. The Morgan fingerprint density at radius 2 is 2.08 bits per heavy atom. The van der Waals surface area contributed by atoms with Crippen molar-refractivity contribution >= 4 is 11.6 Å². The van der Waals surface area contributed by atoms with E-state index in [1.54, 1.807) is 0 Å². The van der Waals surface area contributed by atoms with E-state index in [4.69, 9.17) is 17.3 Å². The zero-order valence-electron chi connectivity index (χ0n) is 6.83. The molecule has 1 aliphatic rings. The highest BCUT2D eigenvalue weighted by Crippen LogP contribution is 2.30. The maximum atomic E-state index is 6.07. The number of benzene rings is 1. The van der Waals surface area contributed by atoms with Crippen molar-refractivity contribution in [3.05, 3.63) is 35.4 Å². The average molecular weight is 182 g/mol. The molecule has 0 heterocycles. The molecule has 12 heavy (non-hydrogen) atoms. The van der Waals surface area contributed by atoms with Gasteiger partial charge in [-0.2, -0.15) is 0 Å². The van der Waals surface area contributed by atoms with Gasteiger partial charge in [0, 0.05) is 6.04 Å². The fraction of sp³-hybridized carbons (Fsp3) is 0.400. The summed E-state index contributed by atoms with van der Waals surface area (Å²) in [4.78, 5) is 0. The summed E-state index contributed by atoms with van der Waals surface area (Å²) in [7, 11) is 0. The third kappa shape index (κ3) is 1.23. The number of nitrogens with two attached hydrogens (primary N) is 1. The molecule has 0 aliphatic heterocycles. The van der Waals surface area contributed by atoms with Gasteiger partial charge in [0.2, 0.25) is 0 Å². The van der Waals surface area contributed by atoms with E-state index in [0.29, 0.717) is 0 Å². The number of rotatable bonds is 0. The molecule has 2 N–H and O–H groups in total. The molecule has 0 radical (unpaired) electrons. The summed E-state index contributed by atoms with van der Waals surface area (Å²) in [6, 6.07) is 8.32. The molecule has 0 saturated carbocycles. The molecule has 2 unspecified atom stereocenters. The van der Waals surface area contributed by atoms with Gasteiger partial charge in [0.1, 0.15) is 0 Å². The third-order valence-electron chi connectivity index (χ3n) is 2.49. The highest BCUT2D eigenvalue weighted by atomic mass is 35.5. The molecule has 0 amide bonds. The summed E-state index contributed by atoms with van der Waals surface area (Å²) in [5.41, 5.74) is 8.55. The maximum Gasteiger partial charge on any atom is 0.0532 e. The molecule has 1 nitrogen and oxygen atoms in total. The van der Waals surface area contributed by atoms with Crippen LogP contribution in [0.4, 0.5) is 0 Å². The largest absolute Gasteiger partial charge is 0.323 e. The molecule has 1 aromatic rings. The van der Waals surface area contributed by atoms with Gasteiger partial charge in [0.25, 0.3) is 0 Å². The Bertz CT molecular complexity index is 285. The van der Waals surface area contributed by atoms with Crippen molar-refractivity contribution in [3.8, 4) is 0 Å². The number of halogens is 1. The van der Waals surface area contributed by atoms with Crippen molar-refractivity contribution in [1.82, 2.24) is 0 Å². The molecule has 2 heteroatoms. The van der Waals surface area contributed by atoms with Crippen LogP contribution in [0.1, 0.15) is 23.6 Å². The molecule has 64 valence electrons. The molecule has 2 rings (SSSR count). The Morgan fingerprint density at radius 1 is 1.33 bits per heavy atom. The van der Waals surface area contributed by atoms with Crippen LogP contribution in [-0.2, 0) is 6.42 Å². The van der Waals surface area contributed by atoms with E-state index in [9.17, 15) is 0 Å². The zero-order valence-corrected chi connectivity index (χ0v) is 7.59. The Kier molecular flexibility index (Phi) is 2.07. The number of fused-ring (bicyclic) bond motifs is 1. The Hall–Kier alpha value is -0.530. The molecule has 0 bridgehead atoms. The second kappa shape index (κ2) is 3.08. The highest BCUT2D eigenvalue weighted by Gasteiger charge is 2.23. The van der Waals surface area contributed by atoms with E-state index >= 15 is 0 Å². The van der Waals surface area contributed by atoms with Gasteiger partial charge in [0.05, 0.1) is 5.38 Å². The van der Waals surface area contributed by atoms with E-state index in [2.05, 4.69) is 18.2 Å². The molecule has 0 fully saturated rings. The highest BCUT2D eigenvalue weighted by molar-refractivity contribution is 6.21. The number of hydrogen-bond acceptors (Lipinski definition) is 1. The SMILES string of the molecule is NC1c2ccccc2CCC1Cl. The summed E-state index contributed by atoms with van der Waals surface area (Å²) in [6.45, 7) is 0. The smallest absolute Gasteiger partial charge is 0.0532 e. The molecular formula is C10H12ClN. The summed E-state index contributed by atoms with van der Waals surface area (Å²) < 4.78 is 0. The first kappa shape index (κ1) is 8.09. The standard InChI is InChI=1S/C10H12ClN/c11-9-6-5-7-3-1-2-4-8(7)10(9)12/h1-4,9-10H,5-6,12H2. The minimum absolute atomic E-state index is 0.0246. The van der Waals surface area contributed by atoms with Crippen LogP contribution >= 0.6 is 11.6 Å². The lowest BCUT2D eigenvalue weighted by Gasteiger charge is -2.26. The van der Waals surface area contributed by atoms with Gasteiger partial charge in [0.15, 0.2) is 0 Å². The normalized spacial score (nSPS) is 28.2. The predicted molar refractivity (Wildman–Crippen MR) is 51.3 cm³/mol. The molecule has 1 aromatic carbocycles. The maximum absolute atomic E-state index is 6.07. The molecule has 1 aliphatic carbocycles. The number of alkyl halides is 1. The lowest BCUT2D eigenvalue weighted by molar-refractivity contribution is 0.579. The van der Waals surface area contributed by atoms with E-state index in [1.165, 1.54) is 11.1 Å². The van der Waals surface area contributed by atoms with Gasteiger partial charge in [-0.3, -0.25) is 0 Å². The monoisotopic (exact) mass is 181 g/mol. The van der Waals surface area contributed by atoms with Gasteiger partial charge in [-0.1, -0.05) is 24.3 Å². The van der Waals surface area contributed by atoms with Crippen LogP contribution in [0, 0.1) is 0 Å². The summed E-state index contributed by atoms with van der Waals surface area (Å²) in [5.74, 6) is 0. The molecule has 2 atom stereocenters. The van der Waals surface area contributed by atoms with Crippen molar-refractivity contribution in [2.75, 3.05) is 0 Å². The first-order chi connectivity index (χ1) is 5.79. The fourth-order valence-corrected chi connectivity index (χ4v) is 2.00. The van der Waals surface area contributed by atoms with Crippen LogP contribution in [0.25, 0.3) is 0 Å². The summed E-state index contributed by atoms with van der Waals surface area (Å²) in [6.07, 6.45) is 2.07. The van der Waals surface area contributed by atoms with E-state index in [-0.39, 0.29) is 11.4 Å². The van der Waals surface area contributed by atoms with E-state index in [0.717, 1.165) is 12.8 Å². The van der Waals surface area contributed by atoms with Crippen molar-refractivity contribution in [1.29, 1.82) is 0 Å². The Morgan fingerprint density at radius 3 is 2.92 bits per heavy atom. The second-order valence-electron chi connectivity index (χ2n) is 3.28. The Labute approximate surface area is 77.5 Å². The van der Waals surface area contributed by atoms with E-state index in [1.807, 2.05) is 6.07 Å². The first-order valence-corrected chi connectivity index (χ1v) is 4.70. The van der Waals surface area contributed by atoms with Crippen LogP contribution in [0.3, 0.4) is 0 Å². The van der Waals surface area contributed by atoms with Crippen molar-refractivity contribution in [2.45, 2.75) is 24.3 Å². The minimum atomic E-state index is 0.0246. The van der Waals surface area contributed by atoms with Crippen molar-refractivity contribution in [3.63, 3.8) is 0 Å². The molecular weight excluding hydrogens is 170 g/mol. The molecule has 0 spiro atoms. The third-order valence-corrected chi connectivity index (χ3v) is 2.98. The average Bonchev–Trinajstić information content (AvgIpc) is 2.12. The van der Waals surface area contributed by atoms with Crippen molar-refractivity contribution in [2.24, 2.45) is 5.73 Å². The summed E-state index contributed by atoms with van der Waals surface area (Å²) >= 11 is 6.07. The van der Waals surface area contributed by atoms with Crippen LogP contribution < -0.4 is 5.73 Å². The Balaban J connectivity index is 2.42. The fourth-order valence-electron chi connectivity index (χ4n) is 1.75. The van der Waals surface area contributed by atoms with Crippen molar-refractivity contribution < 1.29 is 0 Å². The van der Waals surface area contributed by atoms with Gasteiger partial charge < -0.3 is 5.73 Å². The number of hydrogen-bond donors (Lipinski definition) is 1. The van der Waals surface area contributed by atoms with Crippen LogP contribution in [-0.4, -0.2) is 5.38 Å². The van der Waals surface area contributed by atoms with Gasteiger partial charge in [-0.15, -0.1) is 11.6 Å². The van der Waals surface area contributed by atoms with Crippen LogP contribution in [0.15, 0.2) is 24.3 Å². The quantitative estimate of drug-likeness (QED) is 0.611. The predicted octanol–water partition coefficient (Wildman–Crippen LogP) is 2.24. The number of aryl methyl sites for hydroxylation is 1. The lowest BCUT2D eigenvalue weighted by Crippen LogP contribution is -2.27. The topological polar surface area (TPSA) is 26.0 Å². The van der Waals surface area contributed by atoms with Gasteiger partial charge in [-0.25, -0.2) is 0 Å². The van der Waals surface area contributed by atoms with Gasteiger partial charge in [-0.05, 0) is 24.0 Å². The molecule has 0 saturated heterocycles. The zero-order chi connectivity index (χ0) is 8.55. The van der Waals surface area contributed by atoms with Crippen LogP contribution in [0.2, 0.25) is 0 Å². The first-order valence-electron chi connectivity index (χ1n) is 4.26.